The summed E-state index contributed by atoms with van der Waals surface area (Å²) < 4.78 is 5.62. The van der Waals surface area contributed by atoms with Gasteiger partial charge in [-0.25, -0.2) is 4.99 Å². The Balaban J connectivity index is 0.00000341. The Morgan fingerprint density at radius 1 is 1.19 bits per heavy atom. The summed E-state index contributed by atoms with van der Waals surface area (Å²) in [5.74, 6) is 2.37. The summed E-state index contributed by atoms with van der Waals surface area (Å²) in [4.78, 5) is 19.7. The van der Waals surface area contributed by atoms with Crippen LogP contribution in [0.4, 0.5) is 0 Å². The molecule has 1 aromatic carbocycles. The van der Waals surface area contributed by atoms with E-state index in [1.165, 1.54) is 19.3 Å². The molecule has 174 valence electrons. The summed E-state index contributed by atoms with van der Waals surface area (Å²) >= 11 is 0. The Labute approximate surface area is 204 Å². The van der Waals surface area contributed by atoms with Crippen molar-refractivity contribution >= 4 is 35.8 Å². The molecule has 7 heteroatoms. The fourth-order valence-electron chi connectivity index (χ4n) is 4.50. The molecule has 2 fully saturated rings. The Hall–Kier alpha value is -1.51. The van der Waals surface area contributed by atoms with Gasteiger partial charge in [-0.1, -0.05) is 31.4 Å². The zero-order chi connectivity index (χ0) is 21.3. The number of aryl methyl sites for hydroxylation is 1. The van der Waals surface area contributed by atoms with Crippen molar-refractivity contribution in [2.75, 3.05) is 26.2 Å². The maximum Gasteiger partial charge on any atom is 0.225 e. The third kappa shape index (κ3) is 7.54. The third-order valence-electron chi connectivity index (χ3n) is 6.10. The molecule has 1 aromatic rings. The Morgan fingerprint density at radius 3 is 2.65 bits per heavy atom. The summed E-state index contributed by atoms with van der Waals surface area (Å²) in [6, 6.07) is 6.50. The van der Waals surface area contributed by atoms with Gasteiger partial charge in [0.15, 0.2) is 5.96 Å². The lowest BCUT2D eigenvalue weighted by molar-refractivity contribution is -0.135. The fourth-order valence-corrected chi connectivity index (χ4v) is 4.50. The number of hydrogen-bond acceptors (Lipinski definition) is 3. The third-order valence-corrected chi connectivity index (χ3v) is 6.10. The number of amides is 1. The maximum absolute atomic E-state index is 12.8. The zero-order valence-electron chi connectivity index (χ0n) is 19.3. The van der Waals surface area contributed by atoms with E-state index >= 15 is 0 Å². The fraction of sp³-hybridized carbons (Fsp3) is 0.667. The van der Waals surface area contributed by atoms with E-state index in [0.717, 1.165) is 61.7 Å². The number of aliphatic imine (C=N–C) groups is 1. The number of likely N-dealkylation sites (tertiary alicyclic amines) is 1. The normalized spacial score (nSPS) is 19.6. The number of rotatable bonds is 7. The highest BCUT2D eigenvalue weighted by molar-refractivity contribution is 14.0. The second-order valence-corrected chi connectivity index (χ2v) is 8.48. The van der Waals surface area contributed by atoms with E-state index in [9.17, 15) is 4.79 Å². The van der Waals surface area contributed by atoms with E-state index < -0.39 is 0 Å². The minimum absolute atomic E-state index is 0. The molecule has 1 atom stereocenters. The van der Waals surface area contributed by atoms with Gasteiger partial charge in [-0.2, -0.15) is 0 Å². The lowest BCUT2D eigenvalue weighted by atomic mass is 9.88. The molecule has 0 aromatic heterocycles. The smallest absolute Gasteiger partial charge is 0.225 e. The highest BCUT2D eigenvalue weighted by Crippen LogP contribution is 2.27. The van der Waals surface area contributed by atoms with Crippen LogP contribution < -0.4 is 15.4 Å². The molecule has 31 heavy (non-hydrogen) atoms. The van der Waals surface area contributed by atoms with Crippen LogP contribution >= 0.6 is 24.0 Å². The van der Waals surface area contributed by atoms with E-state index in [1.54, 1.807) is 0 Å². The Bertz CT molecular complexity index is 734. The van der Waals surface area contributed by atoms with Gasteiger partial charge < -0.3 is 20.3 Å². The number of carbonyl (C=O) groups is 1. The van der Waals surface area contributed by atoms with Crippen LogP contribution in [0.25, 0.3) is 0 Å². The number of ether oxygens (including phenoxy) is 1. The van der Waals surface area contributed by atoms with Crippen LogP contribution in [0.2, 0.25) is 0 Å². The van der Waals surface area contributed by atoms with E-state index in [0.29, 0.717) is 19.1 Å². The number of nitrogens with one attached hydrogen (secondary N) is 2. The summed E-state index contributed by atoms with van der Waals surface area (Å²) in [6.07, 6.45) is 6.80. The van der Waals surface area contributed by atoms with Gasteiger partial charge in [-0.15, -0.1) is 24.0 Å². The van der Waals surface area contributed by atoms with Crippen LogP contribution in [0.5, 0.6) is 5.75 Å². The molecule has 3 rings (SSSR count). The van der Waals surface area contributed by atoms with Crippen molar-refractivity contribution in [3.05, 3.63) is 29.3 Å². The highest BCUT2D eigenvalue weighted by Gasteiger charge is 2.31. The first-order chi connectivity index (χ1) is 14.6. The molecule has 1 saturated heterocycles. The summed E-state index contributed by atoms with van der Waals surface area (Å²) in [7, 11) is 0. The summed E-state index contributed by atoms with van der Waals surface area (Å²) in [6.45, 7) is 9.87. The van der Waals surface area contributed by atoms with Gasteiger partial charge in [0.05, 0.1) is 13.2 Å². The molecule has 1 saturated carbocycles. The second kappa shape index (κ2) is 13.1. The van der Waals surface area contributed by atoms with Gasteiger partial charge in [0.25, 0.3) is 0 Å². The van der Waals surface area contributed by atoms with Gasteiger partial charge in [0, 0.05) is 31.6 Å². The first-order valence-corrected chi connectivity index (χ1v) is 11.7. The predicted molar refractivity (Wildman–Crippen MR) is 137 cm³/mol. The molecular weight excluding hydrogens is 503 g/mol. The van der Waals surface area contributed by atoms with E-state index in [-0.39, 0.29) is 35.9 Å². The van der Waals surface area contributed by atoms with Gasteiger partial charge in [0.1, 0.15) is 5.75 Å². The van der Waals surface area contributed by atoms with Crippen molar-refractivity contribution in [2.45, 2.75) is 71.9 Å². The summed E-state index contributed by atoms with van der Waals surface area (Å²) in [5.41, 5.74) is 2.30. The van der Waals surface area contributed by atoms with Crippen molar-refractivity contribution in [2.24, 2.45) is 10.9 Å². The average Bonchev–Trinajstić information content (AvgIpc) is 3.22. The predicted octanol–water partition coefficient (Wildman–Crippen LogP) is 4.25. The molecule has 0 spiro atoms. The molecule has 1 unspecified atom stereocenters. The quantitative estimate of drug-likeness (QED) is 0.307. The van der Waals surface area contributed by atoms with Crippen LogP contribution in [0, 0.1) is 12.8 Å². The number of benzene rings is 1. The van der Waals surface area contributed by atoms with Gasteiger partial charge in [0.2, 0.25) is 5.91 Å². The first-order valence-electron chi connectivity index (χ1n) is 11.7. The maximum atomic E-state index is 12.8. The molecule has 6 nitrogen and oxygen atoms in total. The van der Waals surface area contributed by atoms with Crippen LogP contribution in [0.3, 0.4) is 0 Å². The monoisotopic (exact) mass is 542 g/mol. The minimum atomic E-state index is 0. The number of halogens is 1. The number of hydrogen-bond donors (Lipinski definition) is 2. The topological polar surface area (TPSA) is 66.0 Å². The lowest BCUT2D eigenvalue weighted by Crippen LogP contribution is -2.45. The minimum Gasteiger partial charge on any atom is -0.494 e. The first kappa shape index (κ1) is 25.7. The Morgan fingerprint density at radius 2 is 1.97 bits per heavy atom. The van der Waals surface area contributed by atoms with Crippen LogP contribution in [-0.4, -0.2) is 49.0 Å². The average molecular weight is 543 g/mol. The standard InChI is InChI=1S/C24H38N4O2.HI/c1-4-25-24(26-16-19-11-12-22(30-5-2)18(3)15-19)27-21-13-14-28(17-21)23(29)20-9-7-6-8-10-20;/h11-12,15,20-21H,4-10,13-14,16-17H2,1-3H3,(H2,25,26,27);1H. The number of nitrogens with zero attached hydrogens (tertiary/aromatic N) is 2. The molecule has 1 heterocycles. The van der Waals surface area contributed by atoms with Crippen molar-refractivity contribution < 1.29 is 9.53 Å². The van der Waals surface area contributed by atoms with Crippen LogP contribution in [0.1, 0.15) is 63.5 Å². The number of carbonyl (C=O) groups excluding carboxylic acids is 1. The van der Waals surface area contributed by atoms with E-state index in [1.807, 2.05) is 13.0 Å². The lowest BCUT2D eigenvalue weighted by Gasteiger charge is -2.26. The van der Waals surface area contributed by atoms with Crippen molar-refractivity contribution in [3.8, 4) is 5.75 Å². The van der Waals surface area contributed by atoms with Gasteiger partial charge >= 0.3 is 0 Å². The zero-order valence-corrected chi connectivity index (χ0v) is 21.6. The van der Waals surface area contributed by atoms with Crippen LogP contribution in [-0.2, 0) is 11.3 Å². The van der Waals surface area contributed by atoms with Gasteiger partial charge in [-0.05, 0) is 57.2 Å². The van der Waals surface area contributed by atoms with Crippen molar-refractivity contribution in [3.63, 3.8) is 0 Å². The number of guanidine groups is 1. The van der Waals surface area contributed by atoms with Gasteiger partial charge in [-0.3, -0.25) is 4.79 Å². The van der Waals surface area contributed by atoms with Crippen LogP contribution in [0.15, 0.2) is 23.2 Å². The van der Waals surface area contributed by atoms with Crippen molar-refractivity contribution in [1.29, 1.82) is 0 Å². The largest absolute Gasteiger partial charge is 0.494 e. The Kier molecular flexibility index (Phi) is 10.9. The molecule has 1 aliphatic heterocycles. The van der Waals surface area contributed by atoms with E-state index in [4.69, 9.17) is 9.73 Å². The SMILES string of the molecule is CCNC(=NCc1ccc(OCC)c(C)c1)NC1CCN(C(=O)C2CCCCC2)C1.I. The second-order valence-electron chi connectivity index (χ2n) is 8.48. The van der Waals surface area contributed by atoms with E-state index in [2.05, 4.69) is 41.5 Å². The van der Waals surface area contributed by atoms with Crippen molar-refractivity contribution in [1.82, 2.24) is 15.5 Å². The molecule has 2 aliphatic rings. The molecule has 1 aliphatic carbocycles. The molecule has 0 radical (unpaired) electrons. The molecule has 0 bridgehead atoms. The summed E-state index contributed by atoms with van der Waals surface area (Å²) in [5, 5.41) is 6.89. The highest BCUT2D eigenvalue weighted by atomic mass is 127. The molecule has 1 amide bonds. The molecule has 2 N–H and O–H groups in total. The molecular formula is C24H39IN4O2.